The quantitative estimate of drug-likeness (QED) is 0.772. The number of nitrogens with one attached hydrogen (secondary N) is 1. The molecule has 18 heavy (non-hydrogen) atoms. The molecule has 0 saturated heterocycles. The molecule has 5 heteroatoms. The number of aliphatic hydroxyl groups excluding tert-OH is 1. The highest BCUT2D eigenvalue weighted by Gasteiger charge is 2.33. The Hall–Kier alpha value is -0.730. The lowest BCUT2D eigenvalue weighted by molar-refractivity contribution is -0.120. The van der Waals surface area contributed by atoms with Crippen molar-refractivity contribution in [2.24, 2.45) is 0 Å². The van der Waals surface area contributed by atoms with Gasteiger partial charge in [0.15, 0.2) is 0 Å². The zero-order valence-corrected chi connectivity index (χ0v) is 11.8. The number of aliphatic hydroxyl groups is 1. The first-order chi connectivity index (χ1) is 8.62. The monoisotopic (exact) mass is 270 g/mol. The van der Waals surface area contributed by atoms with Gasteiger partial charge in [0.05, 0.1) is 11.8 Å². The van der Waals surface area contributed by atoms with Crippen LogP contribution in [0.15, 0.2) is 0 Å². The molecule has 0 aliphatic heterocycles. The van der Waals surface area contributed by atoms with Crippen LogP contribution in [0.4, 0.5) is 0 Å². The number of amides is 1. The summed E-state index contributed by atoms with van der Waals surface area (Å²) in [5.41, 5.74) is -0.629. The van der Waals surface area contributed by atoms with Crippen LogP contribution in [0.3, 0.4) is 0 Å². The molecule has 2 N–H and O–H groups in total. The number of nitriles is 1. The Morgan fingerprint density at radius 2 is 2.17 bits per heavy atom. The highest BCUT2D eigenvalue weighted by Crippen LogP contribution is 2.27. The molecule has 1 rings (SSSR count). The second-order valence-electron chi connectivity index (χ2n) is 4.94. The van der Waals surface area contributed by atoms with Crippen LogP contribution in [0.25, 0.3) is 0 Å². The van der Waals surface area contributed by atoms with Gasteiger partial charge in [0.1, 0.15) is 5.54 Å². The van der Waals surface area contributed by atoms with E-state index in [1.54, 1.807) is 0 Å². The maximum atomic E-state index is 11.8. The van der Waals surface area contributed by atoms with Gasteiger partial charge in [0.2, 0.25) is 5.91 Å². The largest absolute Gasteiger partial charge is 0.396 e. The molecule has 1 aliphatic carbocycles. The highest BCUT2D eigenvalue weighted by atomic mass is 32.2. The van der Waals surface area contributed by atoms with Crippen LogP contribution >= 0.6 is 11.8 Å². The summed E-state index contributed by atoms with van der Waals surface area (Å²) >= 11 is 1.53. The topological polar surface area (TPSA) is 73.1 Å². The molecule has 1 amide bonds. The predicted molar refractivity (Wildman–Crippen MR) is 73.2 cm³/mol. The third-order valence-electron chi connectivity index (χ3n) is 3.33. The number of hydrogen-bond acceptors (Lipinski definition) is 4. The predicted octanol–water partition coefficient (Wildman–Crippen LogP) is 1.83. The van der Waals surface area contributed by atoms with Gasteiger partial charge in [-0.25, -0.2) is 0 Å². The van der Waals surface area contributed by atoms with E-state index in [2.05, 4.69) is 11.4 Å². The molecule has 1 fully saturated rings. The normalized spacial score (nSPS) is 19.8. The summed E-state index contributed by atoms with van der Waals surface area (Å²) in [6.45, 7) is 2.15. The Bertz CT molecular complexity index is 309. The summed E-state index contributed by atoms with van der Waals surface area (Å²) in [5.74, 6) is 0.304. The van der Waals surface area contributed by atoms with E-state index in [1.165, 1.54) is 11.8 Å². The Kier molecular flexibility index (Phi) is 6.51. The van der Waals surface area contributed by atoms with Crippen LogP contribution in [-0.4, -0.2) is 34.2 Å². The summed E-state index contributed by atoms with van der Waals surface area (Å²) < 4.78 is 0. The van der Waals surface area contributed by atoms with Crippen LogP contribution < -0.4 is 5.32 Å². The van der Waals surface area contributed by atoms with E-state index < -0.39 is 5.54 Å². The molecular formula is C13H22N2O2S. The van der Waals surface area contributed by atoms with Gasteiger partial charge in [-0.05, 0) is 19.3 Å². The van der Waals surface area contributed by atoms with Gasteiger partial charge in [-0.2, -0.15) is 5.26 Å². The smallest absolute Gasteiger partial charge is 0.231 e. The third kappa shape index (κ3) is 4.87. The van der Waals surface area contributed by atoms with Crippen molar-refractivity contribution in [1.29, 1.82) is 5.26 Å². The summed E-state index contributed by atoms with van der Waals surface area (Å²) in [4.78, 5) is 11.8. The first-order valence-corrected chi connectivity index (χ1v) is 7.61. The molecule has 0 aromatic rings. The van der Waals surface area contributed by atoms with E-state index in [-0.39, 0.29) is 17.8 Å². The van der Waals surface area contributed by atoms with E-state index in [1.807, 2.05) is 6.92 Å². The van der Waals surface area contributed by atoms with Crippen molar-refractivity contribution >= 4 is 17.7 Å². The second-order valence-corrected chi connectivity index (χ2v) is 6.36. The van der Waals surface area contributed by atoms with Crippen molar-refractivity contribution in [1.82, 2.24) is 5.32 Å². The maximum Gasteiger partial charge on any atom is 0.231 e. The van der Waals surface area contributed by atoms with Crippen molar-refractivity contribution in [3.05, 3.63) is 0 Å². The summed E-state index contributed by atoms with van der Waals surface area (Å²) in [6.07, 6.45) is 5.42. The number of carbonyl (C=O) groups is 1. The van der Waals surface area contributed by atoms with Crippen LogP contribution in [0, 0.1) is 11.3 Å². The molecule has 0 spiro atoms. The zero-order valence-electron chi connectivity index (χ0n) is 10.9. The van der Waals surface area contributed by atoms with E-state index >= 15 is 0 Å². The van der Waals surface area contributed by atoms with Gasteiger partial charge in [-0.15, -0.1) is 11.8 Å². The van der Waals surface area contributed by atoms with Gasteiger partial charge in [0.25, 0.3) is 0 Å². The van der Waals surface area contributed by atoms with E-state index in [0.29, 0.717) is 12.2 Å². The van der Waals surface area contributed by atoms with Crippen molar-refractivity contribution in [2.75, 3.05) is 12.4 Å². The standard InChI is InChI=1S/C13H22N2O2S/c1-11(5-8-16)18-9-12(17)15-13(10-14)6-3-2-4-7-13/h11,16H,2-9H2,1H3,(H,15,17). The van der Waals surface area contributed by atoms with Crippen molar-refractivity contribution in [3.63, 3.8) is 0 Å². The first kappa shape index (κ1) is 15.3. The van der Waals surface area contributed by atoms with Crippen molar-refractivity contribution in [2.45, 2.75) is 56.2 Å². The van der Waals surface area contributed by atoms with Crippen LogP contribution in [-0.2, 0) is 4.79 Å². The van der Waals surface area contributed by atoms with Crippen molar-refractivity contribution < 1.29 is 9.90 Å². The maximum absolute atomic E-state index is 11.8. The van der Waals surface area contributed by atoms with Gasteiger partial charge in [-0.3, -0.25) is 4.79 Å². The minimum absolute atomic E-state index is 0.0618. The summed E-state index contributed by atoms with van der Waals surface area (Å²) in [6, 6.07) is 2.28. The lowest BCUT2D eigenvalue weighted by atomic mass is 9.83. The van der Waals surface area contributed by atoms with Gasteiger partial charge in [-0.1, -0.05) is 26.2 Å². The fourth-order valence-electron chi connectivity index (χ4n) is 2.21. The number of hydrogen-bond donors (Lipinski definition) is 2. The third-order valence-corrected chi connectivity index (χ3v) is 4.57. The summed E-state index contributed by atoms with van der Waals surface area (Å²) in [7, 11) is 0. The fourth-order valence-corrected chi connectivity index (χ4v) is 2.99. The van der Waals surface area contributed by atoms with E-state index in [0.717, 1.165) is 32.1 Å². The molecule has 4 nitrogen and oxygen atoms in total. The van der Waals surface area contributed by atoms with Crippen molar-refractivity contribution in [3.8, 4) is 6.07 Å². The summed E-state index contributed by atoms with van der Waals surface area (Å²) in [5, 5.41) is 21.2. The molecule has 1 aliphatic rings. The van der Waals surface area contributed by atoms with E-state index in [9.17, 15) is 10.1 Å². The molecule has 0 radical (unpaired) electrons. The minimum Gasteiger partial charge on any atom is -0.396 e. The van der Waals surface area contributed by atoms with E-state index in [4.69, 9.17) is 5.11 Å². The lowest BCUT2D eigenvalue weighted by Crippen LogP contribution is -2.49. The number of rotatable bonds is 6. The first-order valence-electron chi connectivity index (χ1n) is 6.56. The van der Waals surface area contributed by atoms with Gasteiger partial charge < -0.3 is 10.4 Å². The average molecular weight is 270 g/mol. The van der Waals surface area contributed by atoms with Crippen LogP contribution in [0.1, 0.15) is 45.4 Å². The molecule has 1 unspecified atom stereocenters. The molecule has 102 valence electrons. The molecule has 0 bridgehead atoms. The minimum atomic E-state index is -0.629. The Labute approximate surface area is 113 Å². The SMILES string of the molecule is CC(CCO)SCC(=O)NC1(C#N)CCCCC1. The fraction of sp³-hybridized carbons (Fsp3) is 0.846. The Morgan fingerprint density at radius 1 is 1.50 bits per heavy atom. The molecule has 1 atom stereocenters. The molecule has 0 aromatic carbocycles. The zero-order chi connectivity index (χ0) is 13.4. The van der Waals surface area contributed by atoms with Crippen LogP contribution in [0.2, 0.25) is 0 Å². The lowest BCUT2D eigenvalue weighted by Gasteiger charge is -2.31. The van der Waals surface area contributed by atoms with Gasteiger partial charge >= 0.3 is 0 Å². The number of carbonyl (C=O) groups excluding carboxylic acids is 1. The molecule has 1 saturated carbocycles. The van der Waals surface area contributed by atoms with Crippen LogP contribution in [0.5, 0.6) is 0 Å². The molecule has 0 heterocycles. The second kappa shape index (κ2) is 7.65. The Morgan fingerprint density at radius 3 is 2.72 bits per heavy atom. The van der Waals surface area contributed by atoms with Gasteiger partial charge in [0, 0.05) is 11.9 Å². The average Bonchev–Trinajstić information content (AvgIpc) is 2.38. The molecular weight excluding hydrogens is 248 g/mol. The molecule has 0 aromatic heterocycles. The number of nitrogens with zero attached hydrogens (tertiary/aromatic N) is 1. The Balaban J connectivity index is 2.36. The number of thioether (sulfide) groups is 1. The highest BCUT2D eigenvalue weighted by molar-refractivity contribution is 8.00.